The largest absolute Gasteiger partial charge is 0.393 e. The fourth-order valence-electron chi connectivity index (χ4n) is 10.4. The van der Waals surface area contributed by atoms with E-state index in [-0.39, 0.29) is 6.10 Å². The standard InChI is InChI=1S/C30H54O2/c1-8-21(19(2)3)13-18-30(7,32)27-12-11-24-22-9-10-23-20(4)26(31)15-17-28(23,5)25(22)14-16-29(24,27)6/h19-27,31-32H,8-18H2,1-7H3/t20-,21-,22-,23+,24-,25-,26-,27-,28-,29-,30-/m0/s1. The molecule has 0 aromatic rings. The first kappa shape index (κ1) is 25.0. The molecule has 4 fully saturated rings. The molecule has 186 valence electrons. The minimum absolute atomic E-state index is 0.0813. The summed E-state index contributed by atoms with van der Waals surface area (Å²) in [6.45, 7) is 16.7. The van der Waals surface area contributed by atoms with Crippen LogP contribution in [0.25, 0.3) is 0 Å². The van der Waals surface area contributed by atoms with E-state index in [4.69, 9.17) is 0 Å². The van der Waals surface area contributed by atoms with Crippen molar-refractivity contribution in [3.63, 3.8) is 0 Å². The van der Waals surface area contributed by atoms with E-state index in [1.807, 2.05) is 0 Å². The van der Waals surface area contributed by atoms with Crippen LogP contribution in [-0.2, 0) is 0 Å². The predicted molar refractivity (Wildman–Crippen MR) is 134 cm³/mol. The molecule has 0 aromatic heterocycles. The van der Waals surface area contributed by atoms with Crippen LogP contribution in [0, 0.1) is 58.2 Å². The van der Waals surface area contributed by atoms with E-state index in [1.54, 1.807) is 0 Å². The van der Waals surface area contributed by atoms with Gasteiger partial charge in [0.2, 0.25) is 0 Å². The maximum absolute atomic E-state index is 11.8. The Morgan fingerprint density at radius 2 is 1.53 bits per heavy atom. The maximum Gasteiger partial charge on any atom is 0.0653 e. The quantitative estimate of drug-likeness (QED) is 0.444. The highest BCUT2D eigenvalue weighted by molar-refractivity contribution is 5.12. The third kappa shape index (κ3) is 3.92. The molecular formula is C30H54O2. The van der Waals surface area contributed by atoms with E-state index in [2.05, 4.69) is 48.5 Å². The van der Waals surface area contributed by atoms with Crippen molar-refractivity contribution in [3.05, 3.63) is 0 Å². The second-order valence-corrected chi connectivity index (χ2v) is 14.0. The number of aliphatic hydroxyl groups excluding tert-OH is 1. The van der Waals surface area contributed by atoms with Gasteiger partial charge in [0.05, 0.1) is 11.7 Å². The molecule has 32 heavy (non-hydrogen) atoms. The molecule has 4 aliphatic carbocycles. The number of fused-ring (bicyclic) bond motifs is 5. The van der Waals surface area contributed by atoms with Crippen LogP contribution in [0.2, 0.25) is 0 Å². The lowest BCUT2D eigenvalue weighted by atomic mass is 9.43. The van der Waals surface area contributed by atoms with Crippen molar-refractivity contribution in [1.82, 2.24) is 0 Å². The van der Waals surface area contributed by atoms with Gasteiger partial charge in [0.1, 0.15) is 0 Å². The average Bonchev–Trinajstić information content (AvgIpc) is 3.09. The number of hydrogen-bond acceptors (Lipinski definition) is 2. The summed E-state index contributed by atoms with van der Waals surface area (Å²) < 4.78 is 0. The molecule has 0 radical (unpaired) electrons. The fourth-order valence-corrected chi connectivity index (χ4v) is 10.4. The normalized spacial score (nSPS) is 49.1. The number of aliphatic hydroxyl groups is 2. The zero-order valence-electron chi connectivity index (χ0n) is 22.4. The summed E-state index contributed by atoms with van der Waals surface area (Å²) in [6.07, 6.45) is 13.4. The fraction of sp³-hybridized carbons (Fsp3) is 1.00. The number of hydrogen-bond donors (Lipinski definition) is 2. The Bertz CT molecular complexity index is 655. The first-order valence-corrected chi connectivity index (χ1v) is 14.4. The highest BCUT2D eigenvalue weighted by Gasteiger charge is 2.63. The Balaban J connectivity index is 1.50. The Kier molecular flexibility index (Phi) is 6.92. The van der Waals surface area contributed by atoms with Crippen LogP contribution < -0.4 is 0 Å². The summed E-state index contributed by atoms with van der Waals surface area (Å²) in [6, 6.07) is 0. The summed E-state index contributed by atoms with van der Waals surface area (Å²) >= 11 is 0. The molecule has 0 heterocycles. The van der Waals surface area contributed by atoms with Crippen LogP contribution in [-0.4, -0.2) is 21.9 Å². The van der Waals surface area contributed by atoms with Gasteiger partial charge in [-0.05, 0) is 129 Å². The third-order valence-corrected chi connectivity index (χ3v) is 12.4. The zero-order chi connectivity index (χ0) is 23.5. The Labute approximate surface area is 199 Å². The highest BCUT2D eigenvalue weighted by atomic mass is 16.3. The second-order valence-electron chi connectivity index (χ2n) is 14.0. The average molecular weight is 447 g/mol. The van der Waals surface area contributed by atoms with Crippen molar-refractivity contribution in [1.29, 1.82) is 0 Å². The zero-order valence-corrected chi connectivity index (χ0v) is 22.4. The predicted octanol–water partition coefficient (Wildman–Crippen LogP) is 7.47. The first-order valence-electron chi connectivity index (χ1n) is 14.4. The van der Waals surface area contributed by atoms with Gasteiger partial charge in [-0.3, -0.25) is 0 Å². The van der Waals surface area contributed by atoms with E-state index >= 15 is 0 Å². The van der Waals surface area contributed by atoms with Gasteiger partial charge in [0.25, 0.3) is 0 Å². The van der Waals surface area contributed by atoms with E-state index in [9.17, 15) is 10.2 Å². The monoisotopic (exact) mass is 446 g/mol. The third-order valence-electron chi connectivity index (χ3n) is 12.4. The molecule has 11 atom stereocenters. The van der Waals surface area contributed by atoms with Crippen molar-refractivity contribution in [2.45, 2.75) is 131 Å². The van der Waals surface area contributed by atoms with E-state index in [0.717, 1.165) is 36.5 Å². The SMILES string of the molecule is CC[C@@H](CC[C@](C)(O)[C@H]1CC[C@H]2[C@@H]3CC[C@@H]4[C@H](C)[C@@H](O)CC[C@]4(C)[C@H]3CC[C@@]21C)C(C)C. The molecule has 4 aliphatic rings. The molecule has 0 unspecified atom stereocenters. The second kappa shape index (κ2) is 8.85. The van der Waals surface area contributed by atoms with Gasteiger partial charge in [-0.2, -0.15) is 0 Å². The molecule has 0 aliphatic heterocycles. The molecule has 4 saturated carbocycles. The van der Waals surface area contributed by atoms with Crippen molar-refractivity contribution >= 4 is 0 Å². The van der Waals surface area contributed by atoms with Gasteiger partial charge in [-0.15, -0.1) is 0 Å². The van der Waals surface area contributed by atoms with Gasteiger partial charge in [-0.25, -0.2) is 0 Å². The van der Waals surface area contributed by atoms with Gasteiger partial charge in [0, 0.05) is 0 Å². The number of rotatable bonds is 6. The maximum atomic E-state index is 11.8. The van der Waals surface area contributed by atoms with Gasteiger partial charge in [-0.1, -0.05) is 48.0 Å². The lowest BCUT2D eigenvalue weighted by Gasteiger charge is -2.62. The minimum Gasteiger partial charge on any atom is -0.393 e. The molecule has 0 amide bonds. The first-order chi connectivity index (χ1) is 15.0. The Hall–Kier alpha value is -0.0800. The van der Waals surface area contributed by atoms with Gasteiger partial charge >= 0.3 is 0 Å². The minimum atomic E-state index is -0.525. The van der Waals surface area contributed by atoms with Gasteiger partial charge in [0.15, 0.2) is 0 Å². The molecular weight excluding hydrogens is 392 g/mol. The van der Waals surface area contributed by atoms with Crippen molar-refractivity contribution < 1.29 is 10.2 Å². The molecule has 4 rings (SSSR count). The highest BCUT2D eigenvalue weighted by Crippen LogP contribution is 2.69. The molecule has 2 N–H and O–H groups in total. The molecule has 0 bridgehead atoms. The van der Waals surface area contributed by atoms with Crippen LogP contribution in [0.15, 0.2) is 0 Å². The van der Waals surface area contributed by atoms with Crippen molar-refractivity contribution in [2.24, 2.45) is 58.2 Å². The summed E-state index contributed by atoms with van der Waals surface area (Å²) in [5, 5.41) is 22.4. The summed E-state index contributed by atoms with van der Waals surface area (Å²) in [5.74, 6) is 5.56. The van der Waals surface area contributed by atoms with E-state index in [0.29, 0.717) is 34.5 Å². The summed E-state index contributed by atoms with van der Waals surface area (Å²) in [4.78, 5) is 0. The summed E-state index contributed by atoms with van der Waals surface area (Å²) in [7, 11) is 0. The van der Waals surface area contributed by atoms with Gasteiger partial charge < -0.3 is 10.2 Å². The van der Waals surface area contributed by atoms with E-state index in [1.165, 1.54) is 57.8 Å². The smallest absolute Gasteiger partial charge is 0.0653 e. The van der Waals surface area contributed by atoms with Crippen LogP contribution in [0.5, 0.6) is 0 Å². The topological polar surface area (TPSA) is 40.5 Å². The van der Waals surface area contributed by atoms with Crippen LogP contribution in [0.1, 0.15) is 119 Å². The molecule has 0 saturated heterocycles. The molecule has 0 aromatic carbocycles. The Morgan fingerprint density at radius 3 is 2.19 bits per heavy atom. The lowest BCUT2D eigenvalue weighted by Crippen LogP contribution is -2.57. The molecule has 2 heteroatoms. The van der Waals surface area contributed by atoms with Crippen molar-refractivity contribution in [3.8, 4) is 0 Å². The Morgan fingerprint density at radius 1 is 0.906 bits per heavy atom. The lowest BCUT2D eigenvalue weighted by molar-refractivity contribution is -0.159. The molecule has 2 nitrogen and oxygen atoms in total. The van der Waals surface area contributed by atoms with Crippen LogP contribution in [0.4, 0.5) is 0 Å². The molecule has 0 spiro atoms. The van der Waals surface area contributed by atoms with Crippen LogP contribution >= 0.6 is 0 Å². The van der Waals surface area contributed by atoms with Crippen LogP contribution in [0.3, 0.4) is 0 Å². The summed E-state index contributed by atoms with van der Waals surface area (Å²) in [5.41, 5.74) is 0.214. The van der Waals surface area contributed by atoms with E-state index < -0.39 is 5.60 Å². The van der Waals surface area contributed by atoms with Crippen molar-refractivity contribution in [2.75, 3.05) is 0 Å².